The summed E-state index contributed by atoms with van der Waals surface area (Å²) in [5.74, 6) is 1.64. The average molecular weight is 379 g/mol. The number of nitrogens with zero attached hydrogens (tertiary/aromatic N) is 3. The van der Waals surface area contributed by atoms with Crippen molar-refractivity contribution in [2.45, 2.75) is 12.8 Å². The second-order valence-electron chi connectivity index (χ2n) is 6.47. The first-order chi connectivity index (χ1) is 13.7. The summed E-state index contributed by atoms with van der Waals surface area (Å²) < 4.78 is 12.6. The summed E-state index contributed by atoms with van der Waals surface area (Å²) in [5.41, 5.74) is 2.05. The Bertz CT molecular complexity index is 876. The molecule has 0 saturated carbocycles. The van der Waals surface area contributed by atoms with Gasteiger partial charge in [-0.3, -0.25) is 4.79 Å². The van der Waals surface area contributed by atoms with Gasteiger partial charge in [0.05, 0.1) is 25.5 Å². The minimum Gasteiger partial charge on any atom is -0.497 e. The molecule has 0 radical (unpaired) electrons. The van der Waals surface area contributed by atoms with Crippen molar-refractivity contribution >= 4 is 5.91 Å². The molecule has 0 spiro atoms. The second kappa shape index (κ2) is 9.60. The number of aromatic nitrogens is 2. The fraction of sp³-hybridized carbons (Fsp3) is 0.273. The number of benzene rings is 2. The van der Waals surface area contributed by atoms with Crippen LogP contribution in [0.25, 0.3) is 5.69 Å². The van der Waals surface area contributed by atoms with Crippen molar-refractivity contribution in [1.82, 2.24) is 14.7 Å². The van der Waals surface area contributed by atoms with E-state index in [0.717, 1.165) is 22.7 Å². The van der Waals surface area contributed by atoms with Crippen LogP contribution >= 0.6 is 0 Å². The maximum Gasteiger partial charge on any atom is 0.222 e. The molecule has 0 bridgehead atoms. The maximum atomic E-state index is 12.3. The summed E-state index contributed by atoms with van der Waals surface area (Å²) >= 11 is 0. The Labute approximate surface area is 165 Å². The molecule has 2 aromatic carbocycles. The Kier molecular flexibility index (Phi) is 6.68. The second-order valence-corrected chi connectivity index (χ2v) is 6.47. The number of hydrogen-bond donors (Lipinski definition) is 0. The highest BCUT2D eigenvalue weighted by Gasteiger charge is 2.10. The summed E-state index contributed by atoms with van der Waals surface area (Å²) in [6.45, 7) is 0.981. The summed E-state index contributed by atoms with van der Waals surface area (Å²) in [7, 11) is 3.43. The lowest BCUT2D eigenvalue weighted by Gasteiger charge is -2.17. The van der Waals surface area contributed by atoms with Crippen LogP contribution in [0.2, 0.25) is 0 Å². The van der Waals surface area contributed by atoms with Crippen molar-refractivity contribution in [3.05, 3.63) is 72.6 Å². The summed E-state index contributed by atoms with van der Waals surface area (Å²) in [5, 5.41) is 4.37. The number of aryl methyl sites for hydroxylation is 1. The third-order valence-electron chi connectivity index (χ3n) is 4.46. The van der Waals surface area contributed by atoms with Crippen molar-refractivity contribution < 1.29 is 14.3 Å². The Morgan fingerprint density at radius 3 is 2.50 bits per heavy atom. The average Bonchev–Trinajstić information content (AvgIpc) is 3.22. The van der Waals surface area contributed by atoms with Crippen LogP contribution in [0.1, 0.15) is 12.0 Å². The van der Waals surface area contributed by atoms with E-state index < -0.39 is 0 Å². The van der Waals surface area contributed by atoms with E-state index in [0.29, 0.717) is 26.0 Å². The molecule has 0 aliphatic rings. The quantitative estimate of drug-likeness (QED) is 0.572. The van der Waals surface area contributed by atoms with Gasteiger partial charge in [-0.1, -0.05) is 18.2 Å². The molecule has 6 nitrogen and oxygen atoms in total. The van der Waals surface area contributed by atoms with E-state index in [4.69, 9.17) is 9.47 Å². The van der Waals surface area contributed by atoms with E-state index >= 15 is 0 Å². The number of methoxy groups -OCH3 is 1. The molecule has 0 N–H and O–H groups in total. The van der Waals surface area contributed by atoms with E-state index in [9.17, 15) is 4.79 Å². The SMILES string of the molecule is COc1ccc(OCCN(C)C(=O)CCc2cnn(-c3ccccc3)c2)cc1. The third-order valence-corrected chi connectivity index (χ3v) is 4.46. The van der Waals surface area contributed by atoms with Crippen molar-refractivity contribution in [3.8, 4) is 17.2 Å². The third kappa shape index (κ3) is 5.36. The monoisotopic (exact) mass is 379 g/mol. The van der Waals surface area contributed by atoms with Gasteiger partial charge in [0.2, 0.25) is 5.91 Å². The normalized spacial score (nSPS) is 10.5. The van der Waals surface area contributed by atoms with Crippen LogP contribution in [0.4, 0.5) is 0 Å². The van der Waals surface area contributed by atoms with Gasteiger partial charge in [-0.15, -0.1) is 0 Å². The highest BCUT2D eigenvalue weighted by molar-refractivity contribution is 5.76. The molecule has 28 heavy (non-hydrogen) atoms. The van der Waals surface area contributed by atoms with E-state index in [2.05, 4.69) is 5.10 Å². The van der Waals surface area contributed by atoms with Crippen LogP contribution in [-0.2, 0) is 11.2 Å². The van der Waals surface area contributed by atoms with Crippen LogP contribution in [0, 0.1) is 0 Å². The van der Waals surface area contributed by atoms with Crippen molar-refractivity contribution in [2.24, 2.45) is 0 Å². The fourth-order valence-electron chi connectivity index (χ4n) is 2.75. The van der Waals surface area contributed by atoms with Crippen LogP contribution in [0.3, 0.4) is 0 Å². The highest BCUT2D eigenvalue weighted by Crippen LogP contribution is 2.17. The molecule has 146 valence electrons. The van der Waals surface area contributed by atoms with E-state index in [1.165, 1.54) is 0 Å². The molecule has 0 atom stereocenters. The van der Waals surface area contributed by atoms with Gasteiger partial charge in [-0.05, 0) is 48.4 Å². The molecule has 0 saturated heterocycles. The molecule has 6 heteroatoms. The number of rotatable bonds is 9. The molecule has 1 aromatic heterocycles. The Morgan fingerprint density at radius 1 is 1.07 bits per heavy atom. The molecule has 0 aliphatic carbocycles. The molecule has 3 rings (SSSR count). The van der Waals surface area contributed by atoms with Gasteiger partial charge in [0.1, 0.15) is 18.1 Å². The van der Waals surface area contributed by atoms with E-state index in [1.54, 1.807) is 19.1 Å². The van der Waals surface area contributed by atoms with Gasteiger partial charge in [0.25, 0.3) is 0 Å². The molecule has 0 aliphatic heterocycles. The number of para-hydroxylation sites is 1. The lowest BCUT2D eigenvalue weighted by molar-refractivity contribution is -0.130. The number of amides is 1. The Balaban J connectivity index is 1.41. The molecule has 0 unspecified atom stereocenters. The number of carbonyl (C=O) groups excluding carboxylic acids is 1. The van der Waals surface area contributed by atoms with E-state index in [1.807, 2.05) is 71.7 Å². The predicted octanol–water partition coefficient (Wildman–Crippen LogP) is 3.35. The summed E-state index contributed by atoms with van der Waals surface area (Å²) in [6.07, 6.45) is 4.89. The van der Waals surface area contributed by atoms with E-state index in [-0.39, 0.29) is 5.91 Å². The first kappa shape index (κ1) is 19.5. The van der Waals surface area contributed by atoms with Crippen molar-refractivity contribution in [1.29, 1.82) is 0 Å². The summed E-state index contributed by atoms with van der Waals surface area (Å²) in [6, 6.07) is 17.3. The Morgan fingerprint density at radius 2 is 1.79 bits per heavy atom. The number of carbonyl (C=O) groups is 1. The van der Waals surface area contributed by atoms with Crippen LogP contribution in [0.5, 0.6) is 11.5 Å². The minimum absolute atomic E-state index is 0.0887. The molecular formula is C22H25N3O3. The number of likely N-dealkylation sites (N-methyl/N-ethyl adjacent to an activating group) is 1. The molecule has 1 amide bonds. The van der Waals surface area contributed by atoms with Gasteiger partial charge in [-0.2, -0.15) is 5.10 Å². The topological polar surface area (TPSA) is 56.6 Å². The minimum atomic E-state index is 0.0887. The van der Waals surface area contributed by atoms with Crippen LogP contribution < -0.4 is 9.47 Å². The number of ether oxygens (including phenoxy) is 2. The lowest BCUT2D eigenvalue weighted by atomic mass is 10.2. The fourth-order valence-corrected chi connectivity index (χ4v) is 2.75. The zero-order valence-corrected chi connectivity index (χ0v) is 16.2. The number of hydrogen-bond acceptors (Lipinski definition) is 4. The van der Waals surface area contributed by atoms with Crippen LogP contribution in [0.15, 0.2) is 67.0 Å². The maximum absolute atomic E-state index is 12.3. The Hall–Kier alpha value is -3.28. The smallest absolute Gasteiger partial charge is 0.222 e. The molecule has 1 heterocycles. The van der Waals surface area contributed by atoms with Crippen LogP contribution in [-0.4, -0.2) is 47.9 Å². The first-order valence-electron chi connectivity index (χ1n) is 9.25. The first-order valence-corrected chi connectivity index (χ1v) is 9.25. The van der Waals surface area contributed by atoms with Gasteiger partial charge < -0.3 is 14.4 Å². The standard InChI is InChI=1S/C22H25N3O3/c1-24(14-15-28-21-11-9-20(27-2)10-12-21)22(26)13-8-18-16-23-25(17-18)19-6-4-3-5-7-19/h3-7,9-12,16-17H,8,13-15H2,1-2H3. The predicted molar refractivity (Wildman–Crippen MR) is 108 cm³/mol. The highest BCUT2D eigenvalue weighted by atomic mass is 16.5. The largest absolute Gasteiger partial charge is 0.497 e. The molecule has 0 fully saturated rings. The van der Waals surface area contributed by atoms with Gasteiger partial charge in [-0.25, -0.2) is 4.68 Å². The molecule has 3 aromatic rings. The molecular weight excluding hydrogens is 354 g/mol. The van der Waals surface area contributed by atoms with Crippen molar-refractivity contribution in [3.63, 3.8) is 0 Å². The zero-order valence-electron chi connectivity index (χ0n) is 16.2. The summed E-state index contributed by atoms with van der Waals surface area (Å²) in [4.78, 5) is 14.0. The van der Waals surface area contributed by atoms with Gasteiger partial charge in [0.15, 0.2) is 0 Å². The van der Waals surface area contributed by atoms with Gasteiger partial charge >= 0.3 is 0 Å². The zero-order chi connectivity index (χ0) is 19.8. The van der Waals surface area contributed by atoms with Crippen molar-refractivity contribution in [2.75, 3.05) is 27.3 Å². The van der Waals surface area contributed by atoms with Gasteiger partial charge in [0, 0.05) is 19.7 Å². The lowest BCUT2D eigenvalue weighted by Crippen LogP contribution is -2.31.